The van der Waals surface area contributed by atoms with E-state index in [0.29, 0.717) is 10.7 Å². The van der Waals surface area contributed by atoms with Gasteiger partial charge in [0.05, 0.1) is 17.4 Å². The Morgan fingerprint density at radius 1 is 1.07 bits per heavy atom. The zero-order valence-electron chi connectivity index (χ0n) is 23.5. The molecule has 0 fully saturated rings. The van der Waals surface area contributed by atoms with Crippen molar-refractivity contribution in [2.75, 3.05) is 0 Å². The van der Waals surface area contributed by atoms with Crippen LogP contribution in [-0.2, 0) is 12.8 Å². The lowest BCUT2D eigenvalue weighted by Crippen LogP contribution is -2.28. The van der Waals surface area contributed by atoms with Crippen molar-refractivity contribution in [2.45, 2.75) is 57.9 Å². The van der Waals surface area contributed by atoms with Crippen LogP contribution in [0, 0.1) is 6.92 Å². The van der Waals surface area contributed by atoms with Crippen LogP contribution in [-0.4, -0.2) is 15.7 Å². The van der Waals surface area contributed by atoms with Gasteiger partial charge in [-0.05, 0) is 86.6 Å². The molecule has 0 spiro atoms. The van der Waals surface area contributed by atoms with E-state index in [4.69, 9.17) is 28.3 Å². The fourth-order valence-electron chi connectivity index (χ4n) is 5.86. The number of carbonyl (C=O) groups is 1. The molecule has 1 aliphatic rings. The van der Waals surface area contributed by atoms with Gasteiger partial charge in [-0.3, -0.25) is 4.79 Å². The SMILES string of the molecule is C=C/C=C(\c1ccc(Cl)cc1C)n1nc(C(=O)N[C@H](C)c2ccccc2)c2c1C(Cc1cccc(Cl)c1)CCCC2. The maximum absolute atomic E-state index is 13.9. The van der Waals surface area contributed by atoms with Crippen LogP contribution in [0.1, 0.15) is 82.1 Å². The maximum atomic E-state index is 13.9. The topological polar surface area (TPSA) is 46.9 Å². The first kappa shape index (κ1) is 28.9. The summed E-state index contributed by atoms with van der Waals surface area (Å²) in [6, 6.07) is 23.8. The van der Waals surface area contributed by atoms with E-state index < -0.39 is 0 Å². The minimum atomic E-state index is -0.162. The molecule has 0 bridgehead atoms. The van der Waals surface area contributed by atoms with Gasteiger partial charge in [-0.15, -0.1) is 0 Å². The number of nitrogens with zero attached hydrogens (tertiary/aromatic N) is 2. The number of amides is 1. The summed E-state index contributed by atoms with van der Waals surface area (Å²) in [6.45, 7) is 8.05. The van der Waals surface area contributed by atoms with Crippen molar-refractivity contribution in [1.82, 2.24) is 15.1 Å². The quantitative estimate of drug-likeness (QED) is 0.166. The summed E-state index contributed by atoms with van der Waals surface area (Å²) in [7, 11) is 0. The van der Waals surface area contributed by atoms with Crippen molar-refractivity contribution in [3.8, 4) is 0 Å². The molecular formula is C35H35Cl2N3O. The number of hydrogen-bond donors (Lipinski definition) is 1. The Balaban J connectivity index is 1.65. The van der Waals surface area contributed by atoms with Crippen molar-refractivity contribution >= 4 is 34.8 Å². The van der Waals surface area contributed by atoms with Crippen molar-refractivity contribution < 1.29 is 4.79 Å². The highest BCUT2D eigenvalue weighted by Gasteiger charge is 2.32. The van der Waals surface area contributed by atoms with Crippen molar-refractivity contribution in [1.29, 1.82) is 0 Å². The zero-order chi connectivity index (χ0) is 28.9. The Hall–Kier alpha value is -3.60. The van der Waals surface area contributed by atoms with Gasteiger partial charge < -0.3 is 5.32 Å². The third-order valence-electron chi connectivity index (χ3n) is 7.84. The lowest BCUT2D eigenvalue weighted by Gasteiger charge is -2.21. The Bertz CT molecular complexity index is 1590. The standard InChI is InChI=1S/C35H35Cl2N3O/c1-4-11-32(30-19-18-29(37)20-23(30)2)40-34-27(21-25-12-10-16-28(36)22-25)15-8-9-17-31(34)33(39-40)35(41)38-24(3)26-13-6-5-7-14-26/h4-7,10-14,16,18-20,22,24,27H,1,8-9,15,17,21H2,2-3H3,(H,38,41)/b32-11+/t24-,27?/m1/s1. The number of carbonyl (C=O) groups excluding carboxylic acids is 1. The molecule has 5 rings (SSSR count). The fraction of sp³-hybridized carbons (Fsp3) is 0.257. The Kier molecular flexibility index (Phi) is 9.12. The summed E-state index contributed by atoms with van der Waals surface area (Å²) in [5.74, 6) is -0.00192. The minimum absolute atomic E-state index is 0.153. The molecule has 210 valence electrons. The van der Waals surface area contributed by atoms with Crippen LogP contribution >= 0.6 is 23.2 Å². The second-order valence-corrected chi connectivity index (χ2v) is 11.6. The van der Waals surface area contributed by atoms with E-state index in [9.17, 15) is 4.79 Å². The molecule has 1 heterocycles. The molecule has 0 saturated carbocycles. The molecule has 6 heteroatoms. The lowest BCUT2D eigenvalue weighted by atomic mass is 9.90. The van der Waals surface area contributed by atoms with Crippen LogP contribution < -0.4 is 5.32 Å². The smallest absolute Gasteiger partial charge is 0.272 e. The van der Waals surface area contributed by atoms with Crippen LogP contribution in [0.2, 0.25) is 10.0 Å². The molecular weight excluding hydrogens is 549 g/mol. The molecule has 4 aromatic rings. The number of aromatic nitrogens is 2. The summed E-state index contributed by atoms with van der Waals surface area (Å²) in [5.41, 5.74) is 7.71. The van der Waals surface area contributed by atoms with Gasteiger partial charge in [-0.1, -0.05) is 90.8 Å². The van der Waals surface area contributed by atoms with E-state index >= 15 is 0 Å². The predicted octanol–water partition coefficient (Wildman–Crippen LogP) is 9.12. The maximum Gasteiger partial charge on any atom is 0.272 e. The number of aryl methyl sites for hydroxylation is 1. The lowest BCUT2D eigenvalue weighted by molar-refractivity contribution is 0.0933. The predicted molar refractivity (Wildman–Crippen MR) is 170 cm³/mol. The molecule has 1 N–H and O–H groups in total. The first-order valence-electron chi connectivity index (χ1n) is 14.2. The summed E-state index contributed by atoms with van der Waals surface area (Å²) in [4.78, 5) is 13.9. The van der Waals surface area contributed by atoms with Crippen LogP contribution in [0.5, 0.6) is 0 Å². The molecule has 0 radical (unpaired) electrons. The minimum Gasteiger partial charge on any atom is -0.344 e. The normalized spacial score (nSPS) is 16.0. The first-order chi connectivity index (χ1) is 19.9. The highest BCUT2D eigenvalue weighted by molar-refractivity contribution is 6.31. The third-order valence-corrected chi connectivity index (χ3v) is 8.31. The monoisotopic (exact) mass is 583 g/mol. The van der Waals surface area contributed by atoms with Gasteiger partial charge in [-0.25, -0.2) is 4.68 Å². The largest absolute Gasteiger partial charge is 0.344 e. The number of hydrogen-bond acceptors (Lipinski definition) is 2. The Labute approximate surface area is 252 Å². The average Bonchev–Trinajstić information content (AvgIpc) is 3.21. The molecule has 0 aliphatic heterocycles. The van der Waals surface area contributed by atoms with Gasteiger partial charge >= 0.3 is 0 Å². The van der Waals surface area contributed by atoms with Gasteiger partial charge in [0.1, 0.15) is 0 Å². The molecule has 4 nitrogen and oxygen atoms in total. The summed E-state index contributed by atoms with van der Waals surface area (Å²) in [5, 5.41) is 9.69. The Morgan fingerprint density at radius 2 is 1.85 bits per heavy atom. The summed E-state index contributed by atoms with van der Waals surface area (Å²) in [6.07, 6.45) is 8.41. The highest BCUT2D eigenvalue weighted by Crippen LogP contribution is 2.38. The van der Waals surface area contributed by atoms with Gasteiger partial charge in [0.15, 0.2) is 5.69 Å². The number of rotatable bonds is 8. The van der Waals surface area contributed by atoms with Crippen LogP contribution in [0.15, 0.2) is 91.5 Å². The Morgan fingerprint density at radius 3 is 2.59 bits per heavy atom. The number of fused-ring (bicyclic) bond motifs is 1. The average molecular weight is 585 g/mol. The van der Waals surface area contributed by atoms with Crippen LogP contribution in [0.4, 0.5) is 0 Å². The van der Waals surface area contributed by atoms with Crippen molar-refractivity contribution in [2.24, 2.45) is 0 Å². The number of nitrogens with one attached hydrogen (secondary N) is 1. The molecule has 2 atom stereocenters. The van der Waals surface area contributed by atoms with Gasteiger partial charge in [0, 0.05) is 27.1 Å². The van der Waals surface area contributed by atoms with Crippen molar-refractivity contribution in [3.63, 3.8) is 0 Å². The molecule has 3 aromatic carbocycles. The molecule has 1 unspecified atom stereocenters. The second-order valence-electron chi connectivity index (χ2n) is 10.8. The van der Waals surface area contributed by atoms with Crippen molar-refractivity contribution in [3.05, 3.63) is 141 Å². The van der Waals surface area contributed by atoms with Crippen LogP contribution in [0.25, 0.3) is 5.70 Å². The summed E-state index contributed by atoms with van der Waals surface area (Å²) < 4.78 is 2.00. The molecule has 1 amide bonds. The first-order valence-corrected chi connectivity index (χ1v) is 14.9. The molecule has 41 heavy (non-hydrogen) atoms. The number of halogens is 2. The second kappa shape index (κ2) is 12.9. The molecule has 1 aliphatic carbocycles. The van der Waals surface area contributed by atoms with E-state index in [1.807, 2.05) is 91.3 Å². The van der Waals surface area contributed by atoms with E-state index in [1.54, 1.807) is 6.08 Å². The highest BCUT2D eigenvalue weighted by atomic mass is 35.5. The molecule has 1 aromatic heterocycles. The van der Waals surface area contributed by atoms with Gasteiger partial charge in [0.2, 0.25) is 0 Å². The van der Waals surface area contributed by atoms with Gasteiger partial charge in [-0.2, -0.15) is 5.10 Å². The van der Waals surface area contributed by atoms with Gasteiger partial charge in [0.25, 0.3) is 5.91 Å². The van der Waals surface area contributed by atoms with E-state index in [1.165, 1.54) is 5.56 Å². The number of allylic oxidation sites excluding steroid dienone is 2. The third kappa shape index (κ3) is 6.50. The fourth-order valence-corrected chi connectivity index (χ4v) is 6.30. The van der Waals surface area contributed by atoms with E-state index in [-0.39, 0.29) is 17.9 Å². The number of benzene rings is 3. The van der Waals surface area contributed by atoms with E-state index in [0.717, 1.165) is 70.8 Å². The summed E-state index contributed by atoms with van der Waals surface area (Å²) >= 11 is 12.7. The molecule has 0 saturated heterocycles. The van der Waals surface area contributed by atoms with E-state index in [2.05, 4.69) is 18.0 Å². The van der Waals surface area contributed by atoms with Crippen LogP contribution in [0.3, 0.4) is 0 Å². The zero-order valence-corrected chi connectivity index (χ0v) is 25.1.